The Balaban J connectivity index is 1.74. The second kappa shape index (κ2) is 8.98. The van der Waals surface area contributed by atoms with Crippen molar-refractivity contribution in [3.8, 4) is 5.75 Å². The monoisotopic (exact) mass is 435 g/mol. The van der Waals surface area contributed by atoms with Crippen molar-refractivity contribution in [2.24, 2.45) is 7.05 Å². The number of thioether (sulfide) groups is 1. The van der Waals surface area contributed by atoms with Crippen molar-refractivity contribution in [2.45, 2.75) is 43.2 Å². The average molecular weight is 436 g/mol. The number of carbonyl (C=O) groups is 1. The Kier molecular flexibility index (Phi) is 6.13. The summed E-state index contributed by atoms with van der Waals surface area (Å²) in [5.74, 6) is 1.35. The summed E-state index contributed by atoms with van der Waals surface area (Å²) in [6.45, 7) is 3.91. The van der Waals surface area contributed by atoms with E-state index in [0.29, 0.717) is 28.0 Å². The third-order valence-corrected chi connectivity index (χ3v) is 6.27. The minimum Gasteiger partial charge on any atom is -0.491 e. The standard InChI is InChI=1S/C24H25N3O3S/c1-15(2)30-19-12-8-7-11-17(19)18-13-20(28)25-22-21(18)23(29)26-24(27(22)3)31-14-16-9-5-4-6-10-16/h4-12,15,18H,13-14H2,1-3H3,(H,25,28)/t18-/m1/s1. The number of para-hydroxylation sites is 1. The number of amides is 1. The van der Waals surface area contributed by atoms with Gasteiger partial charge in [-0.1, -0.05) is 60.3 Å². The lowest BCUT2D eigenvalue weighted by Gasteiger charge is -2.28. The molecule has 4 rings (SSSR count). The SMILES string of the molecule is CC(C)Oc1ccccc1[C@H]1CC(=O)Nc2c1c(=O)nc(SCc1ccccc1)n2C. The van der Waals surface area contributed by atoms with Gasteiger partial charge in [-0.3, -0.25) is 9.59 Å². The Labute approximate surface area is 185 Å². The van der Waals surface area contributed by atoms with Crippen LogP contribution in [0.5, 0.6) is 5.75 Å². The molecule has 0 bridgehead atoms. The molecular weight excluding hydrogens is 410 g/mol. The quantitative estimate of drug-likeness (QED) is 0.461. The number of rotatable bonds is 6. The molecule has 31 heavy (non-hydrogen) atoms. The number of ether oxygens (including phenoxy) is 1. The number of nitrogens with zero attached hydrogens (tertiary/aromatic N) is 2. The van der Waals surface area contributed by atoms with Crippen molar-refractivity contribution in [3.05, 3.63) is 81.6 Å². The Morgan fingerprint density at radius 2 is 1.84 bits per heavy atom. The topological polar surface area (TPSA) is 73.2 Å². The van der Waals surface area contributed by atoms with Gasteiger partial charge in [-0.2, -0.15) is 4.98 Å². The summed E-state index contributed by atoms with van der Waals surface area (Å²) in [5, 5.41) is 3.47. The van der Waals surface area contributed by atoms with Gasteiger partial charge in [0.1, 0.15) is 11.6 Å². The molecule has 0 saturated carbocycles. The minimum absolute atomic E-state index is 0.0178. The van der Waals surface area contributed by atoms with E-state index in [1.54, 1.807) is 4.57 Å². The molecule has 0 aliphatic carbocycles. The predicted molar refractivity (Wildman–Crippen MR) is 123 cm³/mol. The van der Waals surface area contributed by atoms with Gasteiger partial charge in [-0.25, -0.2) is 0 Å². The number of nitrogens with one attached hydrogen (secondary N) is 1. The zero-order chi connectivity index (χ0) is 22.0. The first-order valence-corrected chi connectivity index (χ1v) is 11.3. The number of hydrogen-bond acceptors (Lipinski definition) is 5. The second-order valence-electron chi connectivity index (χ2n) is 7.80. The molecule has 2 aromatic carbocycles. The first-order chi connectivity index (χ1) is 14.9. The maximum atomic E-state index is 13.1. The molecule has 1 aliphatic rings. The molecule has 0 radical (unpaired) electrons. The molecule has 6 nitrogen and oxygen atoms in total. The van der Waals surface area contributed by atoms with E-state index in [2.05, 4.69) is 10.3 Å². The molecule has 1 aliphatic heterocycles. The Morgan fingerprint density at radius 1 is 1.13 bits per heavy atom. The lowest BCUT2D eigenvalue weighted by molar-refractivity contribution is -0.116. The van der Waals surface area contributed by atoms with Gasteiger partial charge < -0.3 is 14.6 Å². The lowest BCUT2D eigenvalue weighted by Crippen LogP contribution is -2.33. The lowest BCUT2D eigenvalue weighted by atomic mass is 9.86. The molecular formula is C24H25N3O3S. The van der Waals surface area contributed by atoms with Gasteiger partial charge in [-0.05, 0) is 25.5 Å². The average Bonchev–Trinajstić information content (AvgIpc) is 2.75. The summed E-state index contributed by atoms with van der Waals surface area (Å²) in [6, 6.07) is 17.6. The molecule has 0 unspecified atom stereocenters. The van der Waals surface area contributed by atoms with Crippen LogP contribution in [-0.2, 0) is 17.6 Å². The normalized spacial score (nSPS) is 15.5. The number of hydrogen-bond donors (Lipinski definition) is 1. The highest BCUT2D eigenvalue weighted by molar-refractivity contribution is 7.98. The summed E-state index contributed by atoms with van der Waals surface area (Å²) in [6.07, 6.45) is 0.162. The van der Waals surface area contributed by atoms with E-state index >= 15 is 0 Å². The highest BCUT2D eigenvalue weighted by Crippen LogP contribution is 2.39. The molecule has 1 atom stereocenters. The van der Waals surface area contributed by atoms with Crippen LogP contribution < -0.4 is 15.6 Å². The molecule has 1 N–H and O–H groups in total. The number of aromatic nitrogens is 2. The predicted octanol–water partition coefficient (Wildman–Crippen LogP) is 4.33. The maximum absolute atomic E-state index is 13.1. The van der Waals surface area contributed by atoms with Gasteiger partial charge in [0.25, 0.3) is 5.56 Å². The molecule has 3 aromatic rings. The van der Waals surface area contributed by atoms with Crippen LogP contribution in [0, 0.1) is 0 Å². The molecule has 1 amide bonds. The van der Waals surface area contributed by atoms with Crippen LogP contribution in [0.25, 0.3) is 0 Å². The fourth-order valence-electron chi connectivity index (χ4n) is 3.78. The summed E-state index contributed by atoms with van der Waals surface area (Å²) in [5.41, 5.74) is 2.16. The van der Waals surface area contributed by atoms with E-state index in [0.717, 1.165) is 11.1 Å². The van der Waals surface area contributed by atoms with Gasteiger partial charge >= 0.3 is 0 Å². The first-order valence-electron chi connectivity index (χ1n) is 10.3. The second-order valence-corrected chi connectivity index (χ2v) is 8.75. The van der Waals surface area contributed by atoms with Crippen molar-refractivity contribution in [2.75, 3.05) is 5.32 Å². The third-order valence-electron chi connectivity index (χ3n) is 5.17. The highest BCUT2D eigenvalue weighted by Gasteiger charge is 2.33. The zero-order valence-corrected chi connectivity index (χ0v) is 18.6. The molecule has 0 saturated heterocycles. The van der Waals surface area contributed by atoms with Gasteiger partial charge in [0.05, 0.1) is 11.7 Å². The Bertz CT molecular complexity index is 1160. The van der Waals surface area contributed by atoms with E-state index in [4.69, 9.17) is 4.74 Å². The molecule has 1 aromatic heterocycles. The van der Waals surface area contributed by atoms with Crippen molar-refractivity contribution in [1.29, 1.82) is 0 Å². The van der Waals surface area contributed by atoms with E-state index in [9.17, 15) is 9.59 Å². The largest absolute Gasteiger partial charge is 0.491 e. The van der Waals surface area contributed by atoms with E-state index in [1.807, 2.05) is 75.5 Å². The van der Waals surface area contributed by atoms with Crippen molar-refractivity contribution >= 4 is 23.5 Å². The Morgan fingerprint density at radius 3 is 2.58 bits per heavy atom. The van der Waals surface area contributed by atoms with E-state index in [-0.39, 0.29) is 24.0 Å². The number of fused-ring (bicyclic) bond motifs is 1. The molecule has 160 valence electrons. The van der Waals surface area contributed by atoms with E-state index < -0.39 is 5.92 Å². The first kappa shape index (κ1) is 21.2. The van der Waals surface area contributed by atoms with Gasteiger partial charge in [0.15, 0.2) is 5.16 Å². The third kappa shape index (κ3) is 4.51. The maximum Gasteiger partial charge on any atom is 0.279 e. The summed E-state index contributed by atoms with van der Waals surface area (Å²) < 4.78 is 7.77. The smallest absolute Gasteiger partial charge is 0.279 e. The van der Waals surface area contributed by atoms with Crippen LogP contribution in [-0.4, -0.2) is 21.6 Å². The Hall–Kier alpha value is -3.06. The van der Waals surface area contributed by atoms with E-state index in [1.165, 1.54) is 11.8 Å². The van der Waals surface area contributed by atoms with Crippen molar-refractivity contribution in [3.63, 3.8) is 0 Å². The van der Waals surface area contributed by atoms with Gasteiger partial charge in [-0.15, -0.1) is 0 Å². The van der Waals surface area contributed by atoms with Crippen molar-refractivity contribution in [1.82, 2.24) is 9.55 Å². The summed E-state index contributed by atoms with van der Waals surface area (Å²) in [4.78, 5) is 30.1. The van der Waals surface area contributed by atoms with Crippen LogP contribution >= 0.6 is 11.8 Å². The fraction of sp³-hybridized carbons (Fsp3) is 0.292. The minimum atomic E-state index is -0.405. The molecule has 2 heterocycles. The van der Waals surface area contributed by atoms with Crippen LogP contribution in [0.1, 0.15) is 42.9 Å². The summed E-state index contributed by atoms with van der Waals surface area (Å²) in [7, 11) is 1.83. The zero-order valence-electron chi connectivity index (χ0n) is 17.8. The highest BCUT2D eigenvalue weighted by atomic mass is 32.2. The number of anilines is 1. The number of carbonyl (C=O) groups excluding carboxylic acids is 1. The van der Waals surface area contributed by atoms with Crippen molar-refractivity contribution < 1.29 is 9.53 Å². The molecule has 7 heteroatoms. The van der Waals surface area contributed by atoms with Gasteiger partial charge in [0.2, 0.25) is 5.91 Å². The fourth-order valence-corrected chi connectivity index (χ4v) is 4.70. The molecule has 0 fully saturated rings. The summed E-state index contributed by atoms with van der Waals surface area (Å²) >= 11 is 1.47. The molecule has 0 spiro atoms. The van der Waals surface area contributed by atoms with Crippen LogP contribution in [0.2, 0.25) is 0 Å². The van der Waals surface area contributed by atoms with Crippen LogP contribution in [0.15, 0.2) is 64.5 Å². The number of benzene rings is 2. The van der Waals surface area contributed by atoms with Crippen LogP contribution in [0.3, 0.4) is 0 Å². The van der Waals surface area contributed by atoms with Gasteiger partial charge in [0, 0.05) is 30.7 Å². The van der Waals surface area contributed by atoms with Crippen LogP contribution in [0.4, 0.5) is 5.82 Å².